The third kappa shape index (κ3) is 8.22. The molecule has 0 aliphatic heterocycles. The molecule has 0 radical (unpaired) electrons. The van der Waals surface area contributed by atoms with E-state index in [0.29, 0.717) is 5.92 Å². The highest BCUT2D eigenvalue weighted by Gasteiger charge is 2.22. The van der Waals surface area contributed by atoms with E-state index in [1.807, 2.05) is 12.1 Å². The van der Waals surface area contributed by atoms with E-state index in [0.717, 1.165) is 36.1 Å². The summed E-state index contributed by atoms with van der Waals surface area (Å²) in [4.78, 5) is 9.38. The first kappa shape index (κ1) is 24.7. The van der Waals surface area contributed by atoms with Crippen LogP contribution in [0.15, 0.2) is 36.7 Å². The van der Waals surface area contributed by atoms with Gasteiger partial charge in [0.15, 0.2) is 5.82 Å². The first-order valence-electron chi connectivity index (χ1n) is 13.3. The van der Waals surface area contributed by atoms with Crippen LogP contribution < -0.4 is 4.74 Å². The van der Waals surface area contributed by atoms with E-state index in [9.17, 15) is 0 Å². The molecule has 1 aliphatic rings. The lowest BCUT2D eigenvalue weighted by Gasteiger charge is -2.28. The number of rotatable bonds is 14. The predicted molar refractivity (Wildman–Crippen MR) is 135 cm³/mol. The number of ether oxygens (including phenoxy) is 1. The summed E-state index contributed by atoms with van der Waals surface area (Å²) in [6.07, 6.45) is 22.7. The molecular weight excluding hydrogens is 392 g/mol. The molecule has 0 bridgehead atoms. The van der Waals surface area contributed by atoms with Gasteiger partial charge >= 0.3 is 0 Å². The highest BCUT2D eigenvalue weighted by Crippen LogP contribution is 2.37. The average molecular weight is 437 g/mol. The van der Waals surface area contributed by atoms with Crippen molar-refractivity contribution in [2.75, 3.05) is 6.61 Å². The van der Waals surface area contributed by atoms with Crippen molar-refractivity contribution in [2.24, 2.45) is 5.92 Å². The van der Waals surface area contributed by atoms with Gasteiger partial charge < -0.3 is 4.74 Å². The summed E-state index contributed by atoms with van der Waals surface area (Å²) < 4.78 is 5.92. The van der Waals surface area contributed by atoms with Gasteiger partial charge in [-0.3, -0.25) is 0 Å². The molecule has 0 amide bonds. The maximum Gasteiger partial charge on any atom is 0.159 e. The quantitative estimate of drug-likeness (QED) is 0.278. The van der Waals surface area contributed by atoms with E-state index in [4.69, 9.17) is 4.74 Å². The molecule has 176 valence electrons. The maximum atomic E-state index is 5.92. The molecule has 0 unspecified atom stereocenters. The van der Waals surface area contributed by atoms with Crippen molar-refractivity contribution >= 4 is 0 Å². The molecule has 32 heavy (non-hydrogen) atoms. The van der Waals surface area contributed by atoms with Gasteiger partial charge in [-0.1, -0.05) is 71.6 Å². The van der Waals surface area contributed by atoms with E-state index in [2.05, 4.69) is 48.3 Å². The number of hydrogen-bond donors (Lipinski definition) is 0. The normalized spacial score (nSPS) is 18.6. The molecule has 1 aliphatic carbocycles. The van der Waals surface area contributed by atoms with E-state index >= 15 is 0 Å². The molecule has 1 fully saturated rings. The van der Waals surface area contributed by atoms with Gasteiger partial charge in [0.25, 0.3) is 0 Å². The zero-order valence-electron chi connectivity index (χ0n) is 20.5. The van der Waals surface area contributed by atoms with Crippen LogP contribution in [-0.4, -0.2) is 16.6 Å². The molecule has 3 rings (SSSR count). The Kier molecular flexibility index (Phi) is 11.0. The van der Waals surface area contributed by atoms with E-state index < -0.39 is 0 Å². The van der Waals surface area contributed by atoms with Crippen LogP contribution in [0.25, 0.3) is 11.4 Å². The Morgan fingerprint density at radius 1 is 0.750 bits per heavy atom. The van der Waals surface area contributed by atoms with Gasteiger partial charge in [-0.05, 0) is 73.8 Å². The minimum atomic E-state index is 0.643. The van der Waals surface area contributed by atoms with E-state index in [1.54, 1.807) is 0 Å². The lowest BCUT2D eigenvalue weighted by molar-refractivity contribution is 0.304. The smallest absolute Gasteiger partial charge is 0.159 e. The van der Waals surface area contributed by atoms with Crippen LogP contribution in [-0.2, 0) is 0 Å². The van der Waals surface area contributed by atoms with E-state index in [-0.39, 0.29) is 0 Å². The van der Waals surface area contributed by atoms with Gasteiger partial charge in [0.05, 0.1) is 6.61 Å². The Morgan fingerprint density at radius 2 is 1.38 bits per heavy atom. The molecule has 0 atom stereocenters. The van der Waals surface area contributed by atoms with Crippen LogP contribution in [0.1, 0.15) is 115 Å². The Hall–Kier alpha value is -1.90. The number of unbranched alkanes of at least 4 members (excludes halogenated alkanes) is 7. The van der Waals surface area contributed by atoms with Crippen LogP contribution in [0.3, 0.4) is 0 Å². The van der Waals surface area contributed by atoms with E-state index in [1.165, 1.54) is 89.0 Å². The standard InChI is InChI=1S/C29H44N2O/c1-3-5-7-8-9-10-11-21-32-28-19-17-26(18-20-28)29-30-22-27(23-31-29)25-15-13-24(14-16-25)12-6-4-2/h17-20,22-25H,3-16,21H2,1-2H3. The summed E-state index contributed by atoms with van der Waals surface area (Å²) >= 11 is 0. The molecule has 0 spiro atoms. The molecule has 3 nitrogen and oxygen atoms in total. The monoisotopic (exact) mass is 436 g/mol. The zero-order valence-corrected chi connectivity index (χ0v) is 20.5. The van der Waals surface area contributed by atoms with Gasteiger partial charge in [-0.15, -0.1) is 0 Å². The number of benzene rings is 1. The molecule has 2 aromatic rings. The molecule has 0 saturated heterocycles. The molecule has 1 aromatic heterocycles. The fourth-order valence-electron chi connectivity index (χ4n) is 4.92. The van der Waals surface area contributed by atoms with Crippen molar-refractivity contribution in [2.45, 2.75) is 110 Å². The predicted octanol–water partition coefficient (Wildman–Crippen LogP) is 8.74. The second-order valence-electron chi connectivity index (χ2n) is 9.69. The van der Waals surface area contributed by atoms with Crippen molar-refractivity contribution in [3.8, 4) is 17.1 Å². The second kappa shape index (κ2) is 14.3. The highest BCUT2D eigenvalue weighted by molar-refractivity contribution is 5.56. The van der Waals surface area contributed by atoms with Crippen molar-refractivity contribution < 1.29 is 4.74 Å². The van der Waals surface area contributed by atoms with Gasteiger partial charge in [0.2, 0.25) is 0 Å². The van der Waals surface area contributed by atoms with Crippen LogP contribution in [0.4, 0.5) is 0 Å². The van der Waals surface area contributed by atoms with Crippen molar-refractivity contribution in [3.63, 3.8) is 0 Å². The zero-order chi connectivity index (χ0) is 22.4. The summed E-state index contributed by atoms with van der Waals surface area (Å²) in [5, 5.41) is 0. The lowest BCUT2D eigenvalue weighted by atomic mass is 9.78. The lowest BCUT2D eigenvalue weighted by Crippen LogP contribution is -2.13. The molecule has 1 saturated carbocycles. The molecule has 1 heterocycles. The van der Waals surface area contributed by atoms with Gasteiger partial charge in [-0.2, -0.15) is 0 Å². The second-order valence-corrected chi connectivity index (χ2v) is 9.69. The molecular formula is C29H44N2O. The van der Waals surface area contributed by atoms with Crippen LogP contribution in [0.2, 0.25) is 0 Å². The topological polar surface area (TPSA) is 35.0 Å². The summed E-state index contributed by atoms with van der Waals surface area (Å²) in [6, 6.07) is 8.25. The number of nitrogens with zero attached hydrogens (tertiary/aromatic N) is 2. The number of hydrogen-bond acceptors (Lipinski definition) is 3. The van der Waals surface area contributed by atoms with Crippen LogP contribution in [0.5, 0.6) is 5.75 Å². The molecule has 3 heteroatoms. The summed E-state index contributed by atoms with van der Waals surface area (Å²) in [5.41, 5.74) is 2.38. The van der Waals surface area contributed by atoms with Crippen molar-refractivity contribution in [1.82, 2.24) is 9.97 Å². The Balaban J connectivity index is 1.39. The van der Waals surface area contributed by atoms with Crippen LogP contribution in [0, 0.1) is 5.92 Å². The number of aromatic nitrogens is 2. The molecule has 1 aromatic carbocycles. The summed E-state index contributed by atoms with van der Waals surface area (Å²) in [6.45, 7) is 5.36. The largest absolute Gasteiger partial charge is 0.494 e. The summed E-state index contributed by atoms with van der Waals surface area (Å²) in [7, 11) is 0. The Labute approximate surface area is 196 Å². The van der Waals surface area contributed by atoms with Crippen molar-refractivity contribution in [3.05, 3.63) is 42.2 Å². The fourth-order valence-corrected chi connectivity index (χ4v) is 4.92. The Bertz CT molecular complexity index is 733. The maximum absolute atomic E-state index is 5.92. The van der Waals surface area contributed by atoms with Gasteiger partial charge in [-0.25, -0.2) is 9.97 Å². The minimum Gasteiger partial charge on any atom is -0.494 e. The molecule has 0 N–H and O–H groups in total. The highest BCUT2D eigenvalue weighted by atomic mass is 16.5. The van der Waals surface area contributed by atoms with Crippen molar-refractivity contribution in [1.29, 1.82) is 0 Å². The first-order valence-corrected chi connectivity index (χ1v) is 13.3. The van der Waals surface area contributed by atoms with Crippen LogP contribution >= 0.6 is 0 Å². The first-order chi connectivity index (χ1) is 15.8. The van der Waals surface area contributed by atoms with Gasteiger partial charge in [0.1, 0.15) is 5.75 Å². The SMILES string of the molecule is CCCCCCCCCOc1ccc(-c2ncc(C3CCC(CCCC)CC3)cn2)cc1. The van der Waals surface area contributed by atoms with Gasteiger partial charge in [0, 0.05) is 18.0 Å². The third-order valence-electron chi connectivity index (χ3n) is 7.09. The fraction of sp³-hybridized carbons (Fsp3) is 0.655. The Morgan fingerprint density at radius 3 is 2.03 bits per heavy atom. The average Bonchev–Trinajstić information content (AvgIpc) is 2.85. The third-order valence-corrected chi connectivity index (χ3v) is 7.09. The summed E-state index contributed by atoms with van der Waals surface area (Å²) in [5.74, 6) is 3.34. The minimum absolute atomic E-state index is 0.643.